The number of rotatable bonds is 8. The molecule has 0 saturated carbocycles. The molecule has 0 amide bonds. The number of hydrogen-bond acceptors (Lipinski definition) is 6. The molecular formula is C22H25N7O. The monoisotopic (exact) mass is 403 g/mol. The first kappa shape index (κ1) is 19.5. The highest BCUT2D eigenvalue weighted by molar-refractivity contribution is 5.90. The molecule has 0 aliphatic rings. The lowest BCUT2D eigenvalue weighted by Gasteiger charge is -2.13. The molecule has 30 heavy (non-hydrogen) atoms. The zero-order valence-corrected chi connectivity index (χ0v) is 17.1. The summed E-state index contributed by atoms with van der Waals surface area (Å²) in [6, 6.07) is 9.52. The maximum atomic E-state index is 10.1. The first-order valence-electron chi connectivity index (χ1n) is 9.96. The quantitative estimate of drug-likeness (QED) is 0.297. The molecule has 154 valence electrons. The number of aryl methyl sites for hydroxylation is 1. The lowest BCUT2D eigenvalue weighted by Crippen LogP contribution is -2.10. The molecule has 0 spiro atoms. The van der Waals surface area contributed by atoms with Crippen LogP contribution in [0.3, 0.4) is 0 Å². The summed E-state index contributed by atoms with van der Waals surface area (Å²) in [6.45, 7) is 5.37. The molecule has 0 radical (unpaired) electrons. The molecule has 8 nitrogen and oxygen atoms in total. The van der Waals surface area contributed by atoms with Crippen LogP contribution in [-0.2, 0) is 6.54 Å². The number of pyridine rings is 1. The molecule has 4 aromatic rings. The van der Waals surface area contributed by atoms with Gasteiger partial charge in [0, 0.05) is 44.0 Å². The van der Waals surface area contributed by atoms with E-state index < -0.39 is 0 Å². The van der Waals surface area contributed by atoms with Crippen molar-refractivity contribution < 1.29 is 5.11 Å². The van der Waals surface area contributed by atoms with E-state index in [1.807, 2.05) is 65.8 Å². The number of hydrogen-bond donors (Lipinski definition) is 3. The van der Waals surface area contributed by atoms with Crippen LogP contribution >= 0.6 is 0 Å². The molecule has 0 atom stereocenters. The van der Waals surface area contributed by atoms with Gasteiger partial charge in [0.25, 0.3) is 0 Å². The van der Waals surface area contributed by atoms with Gasteiger partial charge >= 0.3 is 0 Å². The SMILES string of the molecule is CCC=Nc1cc(O)c(C)cc1Nc1c(NCCn2ccnc2)nn2ccccc12. The van der Waals surface area contributed by atoms with Gasteiger partial charge in [-0.05, 0) is 37.1 Å². The van der Waals surface area contributed by atoms with E-state index in [0.29, 0.717) is 12.2 Å². The van der Waals surface area contributed by atoms with Gasteiger partial charge in [-0.15, -0.1) is 5.10 Å². The van der Waals surface area contributed by atoms with Crippen molar-refractivity contribution in [2.24, 2.45) is 4.99 Å². The Morgan fingerprint density at radius 2 is 2.13 bits per heavy atom. The van der Waals surface area contributed by atoms with E-state index in [1.54, 1.807) is 18.6 Å². The molecule has 4 rings (SSSR count). The van der Waals surface area contributed by atoms with Gasteiger partial charge in [0.15, 0.2) is 5.82 Å². The fourth-order valence-corrected chi connectivity index (χ4v) is 3.18. The number of anilines is 3. The summed E-state index contributed by atoms with van der Waals surface area (Å²) in [4.78, 5) is 8.58. The second-order valence-corrected chi connectivity index (χ2v) is 6.98. The zero-order chi connectivity index (χ0) is 20.9. The predicted octanol–water partition coefficient (Wildman–Crippen LogP) is 4.51. The lowest BCUT2D eigenvalue weighted by molar-refractivity contribution is 0.471. The van der Waals surface area contributed by atoms with Crippen LogP contribution in [0.25, 0.3) is 5.52 Å². The average molecular weight is 403 g/mol. The Morgan fingerprint density at radius 1 is 1.23 bits per heavy atom. The largest absolute Gasteiger partial charge is 0.508 e. The van der Waals surface area contributed by atoms with E-state index in [-0.39, 0.29) is 5.75 Å². The van der Waals surface area contributed by atoms with Gasteiger partial charge in [0.05, 0.1) is 23.2 Å². The number of nitrogens with one attached hydrogen (secondary N) is 2. The minimum atomic E-state index is 0.224. The van der Waals surface area contributed by atoms with E-state index in [1.165, 1.54) is 0 Å². The summed E-state index contributed by atoms with van der Waals surface area (Å²) < 4.78 is 3.85. The second kappa shape index (κ2) is 8.69. The topological polar surface area (TPSA) is 91.8 Å². The molecule has 0 unspecified atom stereocenters. The minimum absolute atomic E-state index is 0.224. The van der Waals surface area contributed by atoms with E-state index in [0.717, 1.165) is 41.2 Å². The zero-order valence-electron chi connectivity index (χ0n) is 17.1. The van der Waals surface area contributed by atoms with Crippen molar-refractivity contribution in [3.63, 3.8) is 0 Å². The fraction of sp³-hybridized carbons (Fsp3) is 0.227. The lowest BCUT2D eigenvalue weighted by atomic mass is 10.1. The summed E-state index contributed by atoms with van der Waals surface area (Å²) in [5.74, 6) is 0.972. The smallest absolute Gasteiger partial charge is 0.173 e. The Bertz CT molecular complexity index is 1160. The van der Waals surface area contributed by atoms with Crippen molar-refractivity contribution >= 4 is 34.6 Å². The third-order valence-corrected chi connectivity index (χ3v) is 4.75. The summed E-state index contributed by atoms with van der Waals surface area (Å²) in [5, 5.41) is 21.7. The standard InChI is InChI=1S/C22H25N7O/c1-3-7-24-17-14-20(30)16(2)13-18(17)26-21-19-6-4-5-10-29(19)27-22(21)25-9-12-28-11-8-23-15-28/h4-8,10-11,13-15,26,30H,3,9,12H2,1-2H3,(H,25,27). The van der Waals surface area contributed by atoms with Crippen LogP contribution in [0.5, 0.6) is 5.75 Å². The molecule has 0 fully saturated rings. The molecule has 3 N–H and O–H groups in total. The van der Waals surface area contributed by atoms with Gasteiger partial charge in [-0.25, -0.2) is 9.50 Å². The van der Waals surface area contributed by atoms with Gasteiger partial charge in [0.2, 0.25) is 0 Å². The number of aromatic hydroxyl groups is 1. The fourth-order valence-electron chi connectivity index (χ4n) is 3.18. The Kier molecular flexibility index (Phi) is 5.65. The number of phenols is 1. The van der Waals surface area contributed by atoms with Gasteiger partial charge in [-0.2, -0.15) is 0 Å². The number of aromatic nitrogens is 4. The van der Waals surface area contributed by atoms with Crippen LogP contribution in [0.4, 0.5) is 22.9 Å². The number of aliphatic imine (C=N–C) groups is 1. The van der Waals surface area contributed by atoms with Crippen LogP contribution in [0, 0.1) is 6.92 Å². The summed E-state index contributed by atoms with van der Waals surface area (Å²) in [7, 11) is 0. The number of fused-ring (bicyclic) bond motifs is 1. The van der Waals surface area contributed by atoms with Crippen molar-refractivity contribution in [3.05, 3.63) is 60.8 Å². The third kappa shape index (κ3) is 4.12. The van der Waals surface area contributed by atoms with E-state index in [9.17, 15) is 5.11 Å². The van der Waals surface area contributed by atoms with Gasteiger partial charge in [0.1, 0.15) is 11.4 Å². The van der Waals surface area contributed by atoms with Crippen molar-refractivity contribution in [2.45, 2.75) is 26.8 Å². The van der Waals surface area contributed by atoms with Crippen molar-refractivity contribution in [2.75, 3.05) is 17.2 Å². The van der Waals surface area contributed by atoms with Gasteiger partial charge < -0.3 is 20.3 Å². The molecular weight excluding hydrogens is 378 g/mol. The second-order valence-electron chi connectivity index (χ2n) is 6.98. The van der Waals surface area contributed by atoms with Crippen LogP contribution < -0.4 is 10.6 Å². The summed E-state index contributed by atoms with van der Waals surface area (Å²) in [5.41, 5.74) is 4.07. The normalized spacial score (nSPS) is 11.4. The van der Waals surface area contributed by atoms with E-state index >= 15 is 0 Å². The van der Waals surface area contributed by atoms with Gasteiger partial charge in [-0.3, -0.25) is 4.99 Å². The van der Waals surface area contributed by atoms with Crippen molar-refractivity contribution in [1.29, 1.82) is 0 Å². The number of imidazole rings is 1. The van der Waals surface area contributed by atoms with Crippen LogP contribution in [-0.4, -0.2) is 37.0 Å². The van der Waals surface area contributed by atoms with Crippen molar-refractivity contribution in [1.82, 2.24) is 19.2 Å². The van der Waals surface area contributed by atoms with Crippen LogP contribution in [0.15, 0.2) is 60.2 Å². The first-order chi connectivity index (χ1) is 14.7. The maximum Gasteiger partial charge on any atom is 0.173 e. The highest BCUT2D eigenvalue weighted by atomic mass is 16.3. The van der Waals surface area contributed by atoms with Gasteiger partial charge in [-0.1, -0.05) is 13.0 Å². The molecule has 3 heterocycles. The molecule has 0 aliphatic heterocycles. The summed E-state index contributed by atoms with van der Waals surface area (Å²) in [6.07, 6.45) is 10.0. The minimum Gasteiger partial charge on any atom is -0.508 e. The Morgan fingerprint density at radius 3 is 2.93 bits per heavy atom. The number of nitrogens with zero attached hydrogens (tertiary/aromatic N) is 5. The Balaban J connectivity index is 1.68. The van der Waals surface area contributed by atoms with Crippen molar-refractivity contribution in [3.8, 4) is 5.75 Å². The highest BCUT2D eigenvalue weighted by Gasteiger charge is 2.15. The predicted molar refractivity (Wildman–Crippen MR) is 120 cm³/mol. The Labute approximate surface area is 174 Å². The van der Waals surface area contributed by atoms with Crippen LogP contribution in [0.2, 0.25) is 0 Å². The van der Waals surface area contributed by atoms with Crippen LogP contribution in [0.1, 0.15) is 18.9 Å². The summed E-state index contributed by atoms with van der Waals surface area (Å²) >= 11 is 0. The highest BCUT2D eigenvalue weighted by Crippen LogP contribution is 2.37. The van der Waals surface area contributed by atoms with E-state index in [4.69, 9.17) is 0 Å². The van der Waals surface area contributed by atoms with E-state index in [2.05, 4.69) is 25.7 Å². The first-order valence-corrected chi connectivity index (χ1v) is 9.96. The number of benzene rings is 1. The molecule has 8 heteroatoms. The Hall–Kier alpha value is -3.81. The molecule has 0 aliphatic carbocycles. The molecule has 1 aromatic carbocycles. The molecule has 0 saturated heterocycles. The maximum absolute atomic E-state index is 10.1. The molecule has 0 bridgehead atoms. The average Bonchev–Trinajstić information content (AvgIpc) is 3.38. The number of phenolic OH excluding ortho intramolecular Hbond substituents is 1. The molecule has 3 aromatic heterocycles. The third-order valence-electron chi connectivity index (χ3n) is 4.75.